The summed E-state index contributed by atoms with van der Waals surface area (Å²) in [5.41, 5.74) is 2.82. The maximum Gasteiger partial charge on any atom is 0.260 e. The molecule has 0 aliphatic carbocycles. The average Bonchev–Trinajstić information content (AvgIpc) is 2.74. The minimum atomic E-state index is -0.681. The van der Waals surface area contributed by atoms with Crippen LogP contribution in [0.25, 0.3) is 0 Å². The standard InChI is InChI=1S/C25H22N2O2S/c1-17-10-6-7-13-19(17)23(28)26-21-16-25(2,29-22-15-9-8-14-20(21)22)27(24(26)30)18-11-4-3-5-12-18/h3-15,21H,16H2,1-2H3. The third-order valence-corrected chi connectivity index (χ3v) is 6.35. The maximum atomic E-state index is 13.8. The Kier molecular flexibility index (Phi) is 4.36. The highest BCUT2D eigenvalue weighted by molar-refractivity contribution is 7.80. The van der Waals surface area contributed by atoms with Gasteiger partial charge in [0.2, 0.25) is 0 Å². The maximum absolute atomic E-state index is 13.8. The second-order valence-electron chi connectivity index (χ2n) is 7.98. The number of hydrogen-bond donors (Lipinski definition) is 0. The Balaban J connectivity index is 1.69. The lowest BCUT2D eigenvalue weighted by Crippen LogP contribution is -2.67. The van der Waals surface area contributed by atoms with Gasteiger partial charge in [-0.3, -0.25) is 14.6 Å². The summed E-state index contributed by atoms with van der Waals surface area (Å²) < 4.78 is 6.49. The van der Waals surface area contributed by atoms with Gasteiger partial charge in [-0.1, -0.05) is 54.6 Å². The minimum Gasteiger partial charge on any atom is -0.467 e. The van der Waals surface area contributed by atoms with E-state index >= 15 is 0 Å². The molecule has 0 spiro atoms. The fourth-order valence-corrected chi connectivity index (χ4v) is 5.05. The molecule has 0 N–H and O–H groups in total. The van der Waals surface area contributed by atoms with Gasteiger partial charge in [-0.15, -0.1) is 0 Å². The van der Waals surface area contributed by atoms with Gasteiger partial charge >= 0.3 is 0 Å². The van der Waals surface area contributed by atoms with E-state index in [4.69, 9.17) is 17.0 Å². The zero-order chi connectivity index (χ0) is 20.9. The van der Waals surface area contributed by atoms with Crippen molar-refractivity contribution in [1.29, 1.82) is 0 Å². The molecule has 2 unspecified atom stereocenters. The van der Waals surface area contributed by atoms with Crippen LogP contribution in [0.4, 0.5) is 5.69 Å². The summed E-state index contributed by atoms with van der Waals surface area (Å²) in [6.45, 7) is 4.00. The second kappa shape index (κ2) is 6.96. The molecule has 30 heavy (non-hydrogen) atoms. The first kappa shape index (κ1) is 18.8. The Bertz CT molecular complexity index is 1150. The van der Waals surface area contributed by atoms with Gasteiger partial charge in [0, 0.05) is 23.2 Å². The average molecular weight is 415 g/mol. The van der Waals surface area contributed by atoms with Crippen molar-refractivity contribution in [2.24, 2.45) is 0 Å². The topological polar surface area (TPSA) is 32.8 Å². The molecule has 0 aromatic heterocycles. The summed E-state index contributed by atoms with van der Waals surface area (Å²) in [4.78, 5) is 17.5. The Hall–Kier alpha value is -3.18. The van der Waals surface area contributed by atoms with Crippen molar-refractivity contribution < 1.29 is 9.53 Å². The summed E-state index contributed by atoms with van der Waals surface area (Å²) >= 11 is 5.96. The van der Waals surface area contributed by atoms with Crippen molar-refractivity contribution in [3.8, 4) is 5.75 Å². The van der Waals surface area contributed by atoms with Crippen LogP contribution in [0.2, 0.25) is 0 Å². The van der Waals surface area contributed by atoms with E-state index in [0.717, 1.165) is 22.6 Å². The lowest BCUT2D eigenvalue weighted by Gasteiger charge is -2.55. The number of para-hydroxylation sites is 2. The number of benzene rings is 3. The number of anilines is 1. The van der Waals surface area contributed by atoms with Gasteiger partial charge < -0.3 is 4.74 Å². The van der Waals surface area contributed by atoms with Gasteiger partial charge in [-0.2, -0.15) is 0 Å². The molecule has 3 aromatic rings. The zero-order valence-corrected chi connectivity index (χ0v) is 17.7. The van der Waals surface area contributed by atoms with Gasteiger partial charge in [-0.05, 0) is 55.9 Å². The molecule has 2 atom stereocenters. The Morgan fingerprint density at radius 2 is 1.67 bits per heavy atom. The molecule has 150 valence electrons. The first-order chi connectivity index (χ1) is 14.5. The summed E-state index contributed by atoms with van der Waals surface area (Å²) in [5.74, 6) is 0.713. The van der Waals surface area contributed by atoms with Crippen LogP contribution in [0.15, 0.2) is 78.9 Å². The van der Waals surface area contributed by atoms with Crippen LogP contribution in [-0.4, -0.2) is 21.6 Å². The molecule has 5 rings (SSSR count). The zero-order valence-electron chi connectivity index (χ0n) is 16.9. The van der Waals surface area contributed by atoms with Crippen molar-refractivity contribution in [1.82, 2.24) is 4.90 Å². The Labute approximate surface area is 181 Å². The number of carbonyl (C=O) groups is 1. The number of thiocarbonyl (C=S) groups is 1. The highest BCUT2D eigenvalue weighted by Gasteiger charge is 2.53. The van der Waals surface area contributed by atoms with E-state index in [9.17, 15) is 4.79 Å². The van der Waals surface area contributed by atoms with E-state index in [-0.39, 0.29) is 11.9 Å². The number of carbonyl (C=O) groups excluding carboxylic acids is 1. The van der Waals surface area contributed by atoms with E-state index < -0.39 is 5.72 Å². The highest BCUT2D eigenvalue weighted by Crippen LogP contribution is 2.49. The lowest BCUT2D eigenvalue weighted by atomic mass is 9.88. The van der Waals surface area contributed by atoms with Crippen LogP contribution in [0.1, 0.15) is 40.9 Å². The number of hydrogen-bond acceptors (Lipinski definition) is 3. The summed E-state index contributed by atoms with van der Waals surface area (Å²) in [6.07, 6.45) is 0.622. The number of nitrogens with zero attached hydrogens (tertiary/aromatic N) is 2. The first-order valence-electron chi connectivity index (χ1n) is 10.1. The van der Waals surface area contributed by atoms with E-state index in [0.29, 0.717) is 17.1 Å². The fourth-order valence-electron chi connectivity index (χ4n) is 4.54. The summed E-state index contributed by atoms with van der Waals surface area (Å²) in [6, 6.07) is 25.3. The summed E-state index contributed by atoms with van der Waals surface area (Å²) in [7, 11) is 0. The Morgan fingerprint density at radius 3 is 2.43 bits per heavy atom. The van der Waals surface area contributed by atoms with Crippen LogP contribution in [0.3, 0.4) is 0 Å². The first-order valence-corrected chi connectivity index (χ1v) is 10.5. The molecule has 2 heterocycles. The monoisotopic (exact) mass is 414 g/mol. The van der Waals surface area contributed by atoms with Crippen LogP contribution in [0.5, 0.6) is 5.75 Å². The number of rotatable bonds is 2. The van der Waals surface area contributed by atoms with Crippen LogP contribution in [-0.2, 0) is 0 Å². The van der Waals surface area contributed by atoms with Crippen molar-refractivity contribution >= 4 is 28.9 Å². The molecule has 4 nitrogen and oxygen atoms in total. The smallest absolute Gasteiger partial charge is 0.260 e. The molecule has 1 fully saturated rings. The minimum absolute atomic E-state index is 0.0808. The number of fused-ring (bicyclic) bond motifs is 4. The molecule has 2 aliphatic heterocycles. The highest BCUT2D eigenvalue weighted by atomic mass is 32.1. The molecule has 2 bridgehead atoms. The molecule has 3 aromatic carbocycles. The van der Waals surface area contributed by atoms with E-state index in [2.05, 4.69) is 0 Å². The summed E-state index contributed by atoms with van der Waals surface area (Å²) in [5, 5.41) is 0.461. The van der Waals surface area contributed by atoms with Gasteiger partial charge in [-0.25, -0.2) is 0 Å². The predicted octanol–water partition coefficient (Wildman–Crippen LogP) is 5.48. The van der Waals surface area contributed by atoms with Crippen LogP contribution in [0, 0.1) is 6.92 Å². The number of ether oxygens (including phenoxy) is 1. The second-order valence-corrected chi connectivity index (χ2v) is 8.34. The van der Waals surface area contributed by atoms with E-state index in [1.54, 1.807) is 4.90 Å². The molecule has 1 saturated heterocycles. The third-order valence-electron chi connectivity index (χ3n) is 5.97. The van der Waals surface area contributed by atoms with E-state index in [1.807, 2.05) is 97.6 Å². The van der Waals surface area contributed by atoms with Gasteiger partial charge in [0.25, 0.3) is 5.91 Å². The quantitative estimate of drug-likeness (QED) is 0.520. The number of amides is 1. The normalized spacial score (nSPS) is 22.3. The van der Waals surface area contributed by atoms with Crippen LogP contribution >= 0.6 is 12.2 Å². The molecular weight excluding hydrogens is 392 g/mol. The van der Waals surface area contributed by atoms with Gasteiger partial charge in [0.1, 0.15) is 5.75 Å². The molecule has 0 saturated carbocycles. The van der Waals surface area contributed by atoms with Crippen molar-refractivity contribution in [2.75, 3.05) is 4.90 Å². The number of aryl methyl sites for hydroxylation is 1. The molecule has 1 amide bonds. The largest absolute Gasteiger partial charge is 0.467 e. The molecular formula is C25H22N2O2S. The van der Waals surface area contributed by atoms with Gasteiger partial charge in [0.05, 0.1) is 6.04 Å². The molecule has 2 aliphatic rings. The van der Waals surface area contributed by atoms with Crippen molar-refractivity contribution in [3.05, 3.63) is 95.6 Å². The van der Waals surface area contributed by atoms with E-state index in [1.165, 1.54) is 0 Å². The fraction of sp³-hybridized carbons (Fsp3) is 0.200. The van der Waals surface area contributed by atoms with Gasteiger partial charge in [0.15, 0.2) is 10.8 Å². The Morgan fingerprint density at radius 1 is 1.00 bits per heavy atom. The molecule has 0 radical (unpaired) electrons. The lowest BCUT2D eigenvalue weighted by molar-refractivity contribution is 0.0184. The third kappa shape index (κ3) is 2.81. The predicted molar refractivity (Wildman–Crippen MR) is 122 cm³/mol. The molecule has 5 heteroatoms. The van der Waals surface area contributed by atoms with Crippen molar-refractivity contribution in [3.63, 3.8) is 0 Å². The van der Waals surface area contributed by atoms with Crippen molar-refractivity contribution in [2.45, 2.75) is 32.0 Å². The van der Waals surface area contributed by atoms with Crippen LogP contribution < -0.4 is 9.64 Å². The SMILES string of the molecule is Cc1ccccc1C(=O)N1C(=S)N(c2ccccc2)C2(C)CC1c1ccccc1O2.